The number of benzene rings is 1. The predicted octanol–water partition coefficient (Wildman–Crippen LogP) is 6.47. The largest absolute Gasteiger partial charge is 0.497 e. The fourth-order valence-electron chi connectivity index (χ4n) is 3.15. The van der Waals surface area contributed by atoms with E-state index in [0.717, 1.165) is 33.0 Å². The molecule has 0 fully saturated rings. The number of rotatable bonds is 11. The summed E-state index contributed by atoms with van der Waals surface area (Å²) in [6.45, 7) is 9.09. The third kappa shape index (κ3) is 5.80. The minimum absolute atomic E-state index is 0.00612. The molecule has 1 aromatic carbocycles. The Balaban J connectivity index is 2.59. The van der Waals surface area contributed by atoms with Gasteiger partial charge >= 0.3 is 7.60 Å². The molecule has 0 radical (unpaired) electrons. The molecule has 1 aromatic rings. The van der Waals surface area contributed by atoms with Crippen LogP contribution in [0.3, 0.4) is 0 Å². The number of hydrogen-bond donors (Lipinski definition) is 0. The standard InChI is InChI=1S/C20H31O5PS2/c1-6-23-18-14-17(15-10-12-16(22-5)13-11-15)19(20(28-18)27-9-4)26(21,24-7-2)25-8-3/h10-13,17-18H,6-9,14H2,1-5H3/t17-,18-/m1/s1. The molecule has 0 amide bonds. The van der Waals surface area contributed by atoms with Crippen LogP contribution in [0.2, 0.25) is 0 Å². The van der Waals surface area contributed by atoms with E-state index in [9.17, 15) is 4.57 Å². The van der Waals surface area contributed by atoms with Gasteiger partial charge in [0.2, 0.25) is 0 Å². The molecule has 8 heteroatoms. The molecule has 0 saturated heterocycles. The first kappa shape index (κ1) is 23.8. The van der Waals surface area contributed by atoms with E-state index in [4.69, 9.17) is 18.5 Å². The minimum atomic E-state index is -3.42. The molecule has 158 valence electrons. The Morgan fingerprint density at radius 3 is 2.21 bits per heavy atom. The molecule has 0 spiro atoms. The Bertz CT molecular complexity index is 682. The van der Waals surface area contributed by atoms with E-state index in [1.165, 1.54) is 0 Å². The van der Waals surface area contributed by atoms with Gasteiger partial charge in [0.15, 0.2) is 0 Å². The topological polar surface area (TPSA) is 54.0 Å². The average Bonchev–Trinajstić information content (AvgIpc) is 2.68. The van der Waals surface area contributed by atoms with Crippen molar-refractivity contribution in [3.05, 3.63) is 39.4 Å². The lowest BCUT2D eigenvalue weighted by Crippen LogP contribution is -2.21. The number of allylic oxidation sites excluding steroid dienone is 1. The molecular weight excluding hydrogens is 415 g/mol. The summed E-state index contributed by atoms with van der Waals surface area (Å²) >= 11 is 3.32. The highest BCUT2D eigenvalue weighted by atomic mass is 32.2. The van der Waals surface area contributed by atoms with E-state index in [1.54, 1.807) is 30.6 Å². The monoisotopic (exact) mass is 446 g/mol. The van der Waals surface area contributed by atoms with Crippen molar-refractivity contribution in [2.45, 2.75) is 45.5 Å². The van der Waals surface area contributed by atoms with Crippen LogP contribution in [0.25, 0.3) is 0 Å². The van der Waals surface area contributed by atoms with Crippen LogP contribution in [0, 0.1) is 0 Å². The predicted molar refractivity (Wildman–Crippen MR) is 119 cm³/mol. The van der Waals surface area contributed by atoms with Gasteiger partial charge < -0.3 is 18.5 Å². The molecule has 1 aliphatic heterocycles. The van der Waals surface area contributed by atoms with Crippen molar-refractivity contribution in [3.8, 4) is 5.75 Å². The third-order valence-electron chi connectivity index (χ3n) is 4.25. The van der Waals surface area contributed by atoms with Gasteiger partial charge in [-0.05, 0) is 50.6 Å². The zero-order valence-electron chi connectivity index (χ0n) is 17.3. The van der Waals surface area contributed by atoms with E-state index in [1.807, 2.05) is 45.0 Å². The van der Waals surface area contributed by atoms with Gasteiger partial charge in [0.25, 0.3) is 0 Å². The molecule has 0 unspecified atom stereocenters. The van der Waals surface area contributed by atoms with Crippen LogP contribution in [-0.4, -0.2) is 38.1 Å². The average molecular weight is 447 g/mol. The summed E-state index contributed by atoms with van der Waals surface area (Å²) in [7, 11) is -1.77. The summed E-state index contributed by atoms with van der Waals surface area (Å²) in [5, 5.41) is 0.772. The molecule has 2 atom stereocenters. The molecule has 0 saturated carbocycles. The highest BCUT2D eigenvalue weighted by Gasteiger charge is 2.43. The first-order valence-corrected chi connectivity index (χ1v) is 13.1. The summed E-state index contributed by atoms with van der Waals surface area (Å²) in [6.07, 6.45) is 0.720. The molecule has 28 heavy (non-hydrogen) atoms. The lowest BCUT2D eigenvalue weighted by Gasteiger charge is -2.35. The summed E-state index contributed by atoms with van der Waals surface area (Å²) in [4.78, 5) is 0. The normalized spacial score (nSPS) is 20.5. The molecular formula is C20H31O5PS2. The summed E-state index contributed by atoms with van der Waals surface area (Å²) in [5.41, 5.74) is 1.07. The highest BCUT2D eigenvalue weighted by Crippen LogP contribution is 2.67. The molecule has 0 aliphatic carbocycles. The maximum Gasteiger partial charge on any atom is 0.359 e. The molecule has 0 N–H and O–H groups in total. The van der Waals surface area contributed by atoms with Gasteiger partial charge in [0.05, 0.1) is 29.9 Å². The van der Waals surface area contributed by atoms with Gasteiger partial charge in [-0.1, -0.05) is 30.8 Å². The quantitative estimate of drug-likeness (QED) is 0.361. The van der Waals surface area contributed by atoms with Crippen LogP contribution in [0.4, 0.5) is 0 Å². The Morgan fingerprint density at radius 1 is 1.07 bits per heavy atom. The van der Waals surface area contributed by atoms with Gasteiger partial charge in [-0.15, -0.1) is 11.8 Å². The van der Waals surface area contributed by atoms with E-state index < -0.39 is 7.60 Å². The summed E-state index contributed by atoms with van der Waals surface area (Å²) in [6, 6.07) is 7.92. The lowest BCUT2D eigenvalue weighted by molar-refractivity contribution is 0.115. The third-order valence-corrected chi connectivity index (χ3v) is 9.31. The SMILES string of the molecule is CCO[C@H]1C[C@H](c2ccc(OC)cc2)C(P(=O)(OCC)OCC)=C(SCC)S1. The van der Waals surface area contributed by atoms with E-state index in [2.05, 4.69) is 6.92 Å². The number of methoxy groups -OCH3 is 1. The van der Waals surface area contributed by atoms with Crippen LogP contribution in [-0.2, 0) is 18.3 Å². The highest BCUT2D eigenvalue weighted by molar-refractivity contribution is 8.22. The van der Waals surface area contributed by atoms with Crippen molar-refractivity contribution in [3.63, 3.8) is 0 Å². The van der Waals surface area contributed by atoms with Crippen molar-refractivity contribution in [2.75, 3.05) is 32.7 Å². The number of ether oxygens (including phenoxy) is 2. The van der Waals surface area contributed by atoms with Crippen LogP contribution >= 0.6 is 31.1 Å². The van der Waals surface area contributed by atoms with Crippen LogP contribution in [0.1, 0.15) is 45.6 Å². The van der Waals surface area contributed by atoms with Crippen LogP contribution in [0.5, 0.6) is 5.75 Å². The fourth-order valence-corrected chi connectivity index (χ4v) is 8.56. The van der Waals surface area contributed by atoms with Crippen molar-refractivity contribution in [1.82, 2.24) is 0 Å². The second kappa shape index (κ2) is 11.7. The van der Waals surface area contributed by atoms with E-state index in [0.29, 0.717) is 19.8 Å². The van der Waals surface area contributed by atoms with Crippen molar-refractivity contribution < 1.29 is 23.1 Å². The van der Waals surface area contributed by atoms with Gasteiger partial charge in [-0.3, -0.25) is 4.57 Å². The van der Waals surface area contributed by atoms with Crippen LogP contribution < -0.4 is 4.74 Å². The molecule has 1 aliphatic rings. The van der Waals surface area contributed by atoms with Gasteiger partial charge in [-0.2, -0.15) is 0 Å². The first-order valence-electron chi connectivity index (χ1n) is 9.71. The summed E-state index contributed by atoms with van der Waals surface area (Å²) < 4.78 is 37.6. The number of thioether (sulfide) groups is 2. The van der Waals surface area contributed by atoms with Crippen molar-refractivity contribution >= 4 is 31.1 Å². The van der Waals surface area contributed by atoms with Crippen molar-refractivity contribution in [2.24, 2.45) is 0 Å². The van der Waals surface area contributed by atoms with E-state index >= 15 is 0 Å². The van der Waals surface area contributed by atoms with Gasteiger partial charge in [0, 0.05) is 12.5 Å². The zero-order chi connectivity index (χ0) is 20.6. The maximum atomic E-state index is 13.8. The molecule has 5 nitrogen and oxygen atoms in total. The summed E-state index contributed by atoms with van der Waals surface area (Å²) in [5.74, 6) is 1.57. The van der Waals surface area contributed by atoms with E-state index in [-0.39, 0.29) is 11.4 Å². The van der Waals surface area contributed by atoms with Gasteiger partial charge in [-0.25, -0.2) is 0 Å². The second-order valence-electron chi connectivity index (χ2n) is 6.00. The van der Waals surface area contributed by atoms with Crippen LogP contribution in [0.15, 0.2) is 33.8 Å². The molecule has 2 rings (SSSR count). The van der Waals surface area contributed by atoms with Crippen molar-refractivity contribution in [1.29, 1.82) is 0 Å². The Hall–Kier alpha value is -0.430. The molecule has 0 bridgehead atoms. The Kier molecular flexibility index (Phi) is 9.94. The maximum absolute atomic E-state index is 13.8. The zero-order valence-corrected chi connectivity index (χ0v) is 19.8. The minimum Gasteiger partial charge on any atom is -0.497 e. The first-order chi connectivity index (χ1) is 13.5. The lowest BCUT2D eigenvalue weighted by atomic mass is 9.95. The van der Waals surface area contributed by atoms with Gasteiger partial charge in [0.1, 0.15) is 11.2 Å². The second-order valence-corrected chi connectivity index (χ2v) is 10.7. The number of hydrogen-bond acceptors (Lipinski definition) is 7. The Morgan fingerprint density at radius 2 is 1.71 bits per heavy atom. The Labute approximate surface area is 177 Å². The fraction of sp³-hybridized carbons (Fsp3) is 0.600. The molecule has 1 heterocycles. The molecule has 0 aromatic heterocycles. The smallest absolute Gasteiger partial charge is 0.359 e.